The average Bonchev–Trinajstić information content (AvgIpc) is 2.51. The predicted octanol–water partition coefficient (Wildman–Crippen LogP) is 3.33. The van der Waals surface area contributed by atoms with E-state index in [-0.39, 0.29) is 12.0 Å². The smallest absolute Gasteiger partial charge is 0.396 e. The van der Waals surface area contributed by atoms with Crippen molar-refractivity contribution in [2.75, 3.05) is 6.61 Å². The van der Waals surface area contributed by atoms with Gasteiger partial charge < -0.3 is 5.11 Å². The molecule has 0 saturated carbocycles. The minimum atomic E-state index is -4.26. The molecule has 0 atom stereocenters. The van der Waals surface area contributed by atoms with Gasteiger partial charge in [-0.05, 0) is 24.0 Å². The predicted molar refractivity (Wildman–Crippen MR) is 53.9 cm³/mol. The van der Waals surface area contributed by atoms with Crippen LogP contribution in [0, 0.1) is 5.41 Å². The van der Waals surface area contributed by atoms with Gasteiger partial charge in [0.05, 0.1) is 0 Å². The minimum Gasteiger partial charge on any atom is -0.396 e. The molecular formula is C10H13F3OS. The molecule has 1 aromatic heterocycles. The van der Waals surface area contributed by atoms with E-state index in [0.717, 1.165) is 17.4 Å². The van der Waals surface area contributed by atoms with Crippen molar-refractivity contribution in [3.05, 3.63) is 21.9 Å². The average molecular weight is 238 g/mol. The van der Waals surface area contributed by atoms with Gasteiger partial charge in [0.1, 0.15) is 4.88 Å². The maximum absolute atomic E-state index is 12.3. The van der Waals surface area contributed by atoms with Crippen LogP contribution in [0.5, 0.6) is 0 Å². The van der Waals surface area contributed by atoms with E-state index in [4.69, 9.17) is 5.11 Å². The van der Waals surface area contributed by atoms with E-state index >= 15 is 0 Å². The number of aliphatic hydroxyl groups is 1. The van der Waals surface area contributed by atoms with Gasteiger partial charge in [-0.25, -0.2) is 0 Å². The van der Waals surface area contributed by atoms with Gasteiger partial charge in [0.15, 0.2) is 0 Å². The molecule has 0 aromatic carbocycles. The molecule has 0 saturated heterocycles. The Kier molecular flexibility index (Phi) is 3.45. The number of hydrogen-bond acceptors (Lipinski definition) is 2. The van der Waals surface area contributed by atoms with Crippen molar-refractivity contribution in [3.63, 3.8) is 0 Å². The van der Waals surface area contributed by atoms with Crippen molar-refractivity contribution in [2.24, 2.45) is 5.41 Å². The zero-order chi connectivity index (χ0) is 11.7. The molecular weight excluding hydrogens is 225 g/mol. The molecule has 1 rings (SSSR count). The Morgan fingerprint density at radius 3 is 2.27 bits per heavy atom. The van der Waals surface area contributed by atoms with Crippen LogP contribution in [0.4, 0.5) is 13.2 Å². The van der Waals surface area contributed by atoms with Crippen LogP contribution in [0.25, 0.3) is 0 Å². The van der Waals surface area contributed by atoms with Crippen molar-refractivity contribution in [3.8, 4) is 0 Å². The lowest BCUT2D eigenvalue weighted by molar-refractivity contribution is -0.134. The summed E-state index contributed by atoms with van der Waals surface area (Å²) < 4.78 is 36.8. The summed E-state index contributed by atoms with van der Waals surface area (Å²) in [6.07, 6.45) is -3.80. The van der Waals surface area contributed by atoms with Crippen molar-refractivity contribution in [1.29, 1.82) is 0 Å². The number of thiophene rings is 1. The highest BCUT2D eigenvalue weighted by Crippen LogP contribution is 2.36. The normalized spacial score (nSPS) is 13.2. The zero-order valence-electron chi connectivity index (χ0n) is 8.56. The largest absolute Gasteiger partial charge is 0.425 e. The highest BCUT2D eigenvalue weighted by Gasteiger charge is 2.32. The maximum atomic E-state index is 12.3. The molecule has 0 aliphatic rings. The maximum Gasteiger partial charge on any atom is 0.425 e. The molecule has 1 N–H and O–H groups in total. The highest BCUT2D eigenvalue weighted by molar-refractivity contribution is 7.12. The van der Waals surface area contributed by atoms with E-state index in [1.54, 1.807) is 0 Å². The fourth-order valence-electron chi connectivity index (χ4n) is 1.15. The summed E-state index contributed by atoms with van der Waals surface area (Å²) >= 11 is 0.746. The first-order valence-corrected chi connectivity index (χ1v) is 5.33. The number of aliphatic hydroxyl groups excluding tert-OH is 1. The number of rotatable bonds is 3. The van der Waals surface area contributed by atoms with Crippen LogP contribution in [0.3, 0.4) is 0 Å². The Morgan fingerprint density at radius 1 is 1.27 bits per heavy atom. The monoisotopic (exact) mass is 238 g/mol. The van der Waals surface area contributed by atoms with Gasteiger partial charge in [0, 0.05) is 11.5 Å². The molecule has 0 aliphatic carbocycles. The van der Waals surface area contributed by atoms with Crippen LogP contribution >= 0.6 is 11.3 Å². The molecule has 0 spiro atoms. The lowest BCUT2D eigenvalue weighted by atomic mass is 9.90. The van der Waals surface area contributed by atoms with Gasteiger partial charge in [-0.3, -0.25) is 0 Å². The first-order valence-electron chi connectivity index (χ1n) is 4.51. The van der Waals surface area contributed by atoms with Crippen molar-refractivity contribution in [1.82, 2.24) is 0 Å². The first-order chi connectivity index (χ1) is 6.74. The Balaban J connectivity index is 2.78. The van der Waals surface area contributed by atoms with Crippen molar-refractivity contribution >= 4 is 11.3 Å². The van der Waals surface area contributed by atoms with Crippen LogP contribution in [-0.4, -0.2) is 11.7 Å². The number of halogens is 3. The molecule has 1 heterocycles. The second-order valence-corrected chi connectivity index (χ2v) is 5.43. The summed E-state index contributed by atoms with van der Waals surface area (Å²) in [4.78, 5) is 0.0765. The van der Waals surface area contributed by atoms with Crippen LogP contribution in [0.15, 0.2) is 12.1 Å². The van der Waals surface area contributed by atoms with Gasteiger partial charge in [-0.2, -0.15) is 13.2 Å². The standard InChI is InChI=1S/C10H13F3OS/c1-9(2,6-14)5-7-3-4-8(15-7)10(11,12)13/h3-4,14H,5-6H2,1-2H3. The van der Waals surface area contributed by atoms with Gasteiger partial charge in [-0.1, -0.05) is 13.8 Å². The minimum absolute atomic E-state index is 0.0355. The summed E-state index contributed by atoms with van der Waals surface area (Å²) in [6.45, 7) is 3.60. The summed E-state index contributed by atoms with van der Waals surface area (Å²) in [5, 5.41) is 9.00. The molecule has 0 fully saturated rings. The number of alkyl halides is 3. The van der Waals surface area contributed by atoms with Crippen molar-refractivity contribution < 1.29 is 18.3 Å². The third kappa shape index (κ3) is 3.50. The van der Waals surface area contributed by atoms with Crippen LogP contribution in [0.1, 0.15) is 23.6 Å². The molecule has 15 heavy (non-hydrogen) atoms. The third-order valence-electron chi connectivity index (χ3n) is 2.02. The lowest BCUT2D eigenvalue weighted by Gasteiger charge is -2.20. The Labute approximate surface area is 90.6 Å². The van der Waals surface area contributed by atoms with E-state index in [9.17, 15) is 13.2 Å². The first kappa shape index (κ1) is 12.5. The van der Waals surface area contributed by atoms with Crippen LogP contribution in [0.2, 0.25) is 0 Å². The number of hydrogen-bond donors (Lipinski definition) is 1. The molecule has 0 aliphatic heterocycles. The Hall–Kier alpha value is -0.550. The van der Waals surface area contributed by atoms with E-state index in [2.05, 4.69) is 0 Å². The van der Waals surface area contributed by atoms with Crippen molar-refractivity contribution in [2.45, 2.75) is 26.4 Å². The van der Waals surface area contributed by atoms with E-state index in [0.29, 0.717) is 11.3 Å². The molecule has 1 nitrogen and oxygen atoms in total. The van der Waals surface area contributed by atoms with Crippen LogP contribution in [-0.2, 0) is 12.6 Å². The SMILES string of the molecule is CC(C)(CO)Cc1ccc(C(F)(F)F)s1. The lowest BCUT2D eigenvalue weighted by Crippen LogP contribution is -2.18. The summed E-state index contributed by atoms with van der Waals surface area (Å²) in [5.74, 6) is 0. The second-order valence-electron chi connectivity index (χ2n) is 4.26. The fraction of sp³-hybridized carbons (Fsp3) is 0.600. The molecule has 0 unspecified atom stereocenters. The molecule has 86 valence electrons. The van der Waals surface area contributed by atoms with E-state index < -0.39 is 11.1 Å². The third-order valence-corrected chi connectivity index (χ3v) is 3.15. The Bertz CT molecular complexity index is 328. The molecule has 0 bridgehead atoms. The summed E-state index contributed by atoms with van der Waals surface area (Å²) in [7, 11) is 0. The Morgan fingerprint density at radius 2 is 1.87 bits per heavy atom. The van der Waals surface area contributed by atoms with Gasteiger partial charge in [0.25, 0.3) is 0 Å². The zero-order valence-corrected chi connectivity index (χ0v) is 9.37. The topological polar surface area (TPSA) is 20.2 Å². The molecule has 5 heteroatoms. The van der Waals surface area contributed by atoms with Gasteiger partial charge >= 0.3 is 6.18 Å². The molecule has 0 radical (unpaired) electrons. The van der Waals surface area contributed by atoms with Crippen LogP contribution < -0.4 is 0 Å². The molecule has 0 amide bonds. The highest BCUT2D eigenvalue weighted by atomic mass is 32.1. The summed E-state index contributed by atoms with van der Waals surface area (Å²) in [5.41, 5.74) is -0.367. The van der Waals surface area contributed by atoms with E-state index in [1.165, 1.54) is 6.07 Å². The molecule has 1 aromatic rings. The van der Waals surface area contributed by atoms with E-state index in [1.807, 2.05) is 13.8 Å². The quantitative estimate of drug-likeness (QED) is 0.856. The van der Waals surface area contributed by atoms with Gasteiger partial charge in [0.2, 0.25) is 0 Å². The fourth-order valence-corrected chi connectivity index (χ4v) is 2.29. The van der Waals surface area contributed by atoms with Gasteiger partial charge in [-0.15, -0.1) is 11.3 Å². The summed E-state index contributed by atoms with van der Waals surface area (Å²) in [6, 6.07) is 2.57. The second kappa shape index (κ2) is 4.14.